The quantitative estimate of drug-likeness (QED) is 0.154. The van der Waals surface area contributed by atoms with Crippen LogP contribution in [0.4, 0.5) is 21.8 Å². The predicted molar refractivity (Wildman–Crippen MR) is 233 cm³/mol. The number of hydrogen-bond acceptors (Lipinski definition) is 13. The van der Waals surface area contributed by atoms with Gasteiger partial charge in [0.1, 0.15) is 5.82 Å². The lowest BCUT2D eigenvalue weighted by Gasteiger charge is -2.39. The van der Waals surface area contributed by atoms with Crippen molar-refractivity contribution in [1.29, 1.82) is 0 Å². The van der Waals surface area contributed by atoms with Gasteiger partial charge in [0.05, 0.1) is 38.6 Å². The van der Waals surface area contributed by atoms with Gasteiger partial charge in [-0.25, -0.2) is 32.7 Å². The highest BCUT2D eigenvalue weighted by atomic mass is 32.2. The molecule has 8 rings (SSSR count). The summed E-state index contributed by atoms with van der Waals surface area (Å²) in [6.45, 7) is 7.67. The topological polar surface area (TPSA) is 197 Å². The van der Waals surface area contributed by atoms with Gasteiger partial charge in [-0.05, 0) is 100 Å². The maximum atomic E-state index is 16.1. The number of anilines is 3. The molecule has 0 radical (unpaired) electrons. The third kappa shape index (κ3) is 9.86. The van der Waals surface area contributed by atoms with Gasteiger partial charge >= 0.3 is 0 Å². The predicted octanol–water partition coefficient (Wildman–Crippen LogP) is 5.39. The maximum absolute atomic E-state index is 16.1. The Balaban J connectivity index is 0.830. The van der Waals surface area contributed by atoms with Crippen LogP contribution in [0.5, 0.6) is 0 Å². The molecule has 4 N–H and O–H groups in total. The molecule has 3 amide bonds. The summed E-state index contributed by atoms with van der Waals surface area (Å²) in [4.78, 5) is 63.1. The monoisotopic (exact) mass is 872 g/mol. The van der Waals surface area contributed by atoms with Crippen molar-refractivity contribution in [3.63, 3.8) is 0 Å². The number of halogens is 1. The molecule has 0 aliphatic carbocycles. The van der Waals surface area contributed by atoms with E-state index in [0.717, 1.165) is 87.6 Å². The highest BCUT2D eigenvalue weighted by molar-refractivity contribution is 7.92. The summed E-state index contributed by atoms with van der Waals surface area (Å²) in [6, 6.07) is 10.2. The number of aromatic nitrogens is 4. The number of thiazole rings is 1. The van der Waals surface area contributed by atoms with Gasteiger partial charge in [-0.2, -0.15) is 0 Å². The van der Waals surface area contributed by atoms with Crippen molar-refractivity contribution >= 4 is 56.5 Å². The van der Waals surface area contributed by atoms with Gasteiger partial charge in [0.15, 0.2) is 5.82 Å². The van der Waals surface area contributed by atoms with Gasteiger partial charge < -0.3 is 20.4 Å². The minimum absolute atomic E-state index is 0.00941. The fourth-order valence-electron chi connectivity index (χ4n) is 9.13. The number of nitrogens with zero attached hydrogens (tertiary/aromatic N) is 7. The molecule has 324 valence electrons. The van der Waals surface area contributed by atoms with Crippen LogP contribution in [-0.4, -0.2) is 107 Å². The molecule has 0 saturated carbocycles. The largest absolute Gasteiger partial charge is 0.368 e. The molecule has 7 heterocycles. The lowest BCUT2D eigenvalue weighted by Crippen LogP contribution is -2.46. The molecule has 15 nitrogen and oxygen atoms in total. The summed E-state index contributed by atoms with van der Waals surface area (Å²) in [5.41, 5.74) is 7.66. The summed E-state index contributed by atoms with van der Waals surface area (Å²) < 4.78 is 43.5. The molecule has 0 bridgehead atoms. The summed E-state index contributed by atoms with van der Waals surface area (Å²) in [6.07, 6.45) is 9.86. The zero-order valence-corrected chi connectivity index (χ0v) is 36.0. The standard InChI is InChI=1S/C43H53FN10O5S2/c1-2-24-61(58,59)51-33-5-3-4-32(37(33)44)38-39(34-10-17-46-43(45)48-34)60-41(50-38)28-15-22-54(23-16-28)42(57)29-13-18-52(19-14-29)26-27-11-20-53(21-12-27)35-8-6-30(25-47-35)31-7-9-36(55)49-40(31)56/h3-6,8,10,17,25,27-29,31,51H,2,7,9,11-16,18-24,26H2,1H3,(H2,45,46,48)(H,49,55,56)/t31-/m0/s1. The molecule has 4 fully saturated rings. The Morgan fingerprint density at radius 3 is 2.41 bits per heavy atom. The minimum Gasteiger partial charge on any atom is -0.368 e. The first kappa shape index (κ1) is 42.6. The van der Waals surface area contributed by atoms with Gasteiger partial charge in [0.2, 0.25) is 33.7 Å². The Hall–Kier alpha value is -5.07. The van der Waals surface area contributed by atoms with Crippen molar-refractivity contribution in [2.75, 3.05) is 66.9 Å². The fraction of sp³-hybridized carbons (Fsp3) is 0.512. The SMILES string of the molecule is CCCS(=O)(=O)Nc1cccc(-c2nc(C3CCN(C(=O)C4CCN(CC5CCN(c6ccc([C@@H]7CCC(=O)NC7=O)cn6)CC5)CC4)CC3)sc2-c2ccnc(N)n2)c1F. The summed E-state index contributed by atoms with van der Waals surface area (Å²) in [5.74, 6) is 0.228. The molecule has 4 aliphatic rings. The summed E-state index contributed by atoms with van der Waals surface area (Å²) >= 11 is 1.42. The van der Waals surface area contributed by atoms with Crippen LogP contribution in [0.2, 0.25) is 0 Å². The molecule has 1 atom stereocenters. The third-order valence-electron chi connectivity index (χ3n) is 12.5. The molecular formula is C43H53FN10O5S2. The first-order valence-corrected chi connectivity index (χ1v) is 23.9. The molecule has 18 heteroatoms. The van der Waals surface area contributed by atoms with E-state index in [-0.39, 0.29) is 58.4 Å². The Morgan fingerprint density at radius 1 is 0.951 bits per heavy atom. The number of carbonyl (C=O) groups is 3. The summed E-state index contributed by atoms with van der Waals surface area (Å²) in [7, 11) is -3.73. The Morgan fingerprint density at radius 2 is 1.72 bits per heavy atom. The molecule has 4 aliphatic heterocycles. The second-order valence-electron chi connectivity index (χ2n) is 16.7. The third-order valence-corrected chi connectivity index (χ3v) is 15.2. The number of imide groups is 1. The normalized spacial score (nSPS) is 20.2. The average molecular weight is 873 g/mol. The number of carbonyl (C=O) groups excluding carboxylic acids is 3. The van der Waals surface area contributed by atoms with E-state index in [1.807, 2.05) is 17.0 Å². The van der Waals surface area contributed by atoms with Crippen LogP contribution in [0, 0.1) is 17.7 Å². The number of nitrogen functional groups attached to an aromatic ring is 1. The number of piperidine rings is 4. The number of nitrogens with two attached hydrogens (primary N) is 1. The molecule has 0 unspecified atom stereocenters. The highest BCUT2D eigenvalue weighted by Gasteiger charge is 2.34. The smallest absolute Gasteiger partial charge is 0.234 e. The molecule has 0 spiro atoms. The van der Waals surface area contributed by atoms with Gasteiger partial charge in [-0.3, -0.25) is 24.4 Å². The van der Waals surface area contributed by atoms with Gasteiger partial charge in [0, 0.05) is 68.9 Å². The van der Waals surface area contributed by atoms with Crippen LogP contribution in [0.25, 0.3) is 21.8 Å². The fourth-order valence-corrected chi connectivity index (χ4v) is 11.5. The number of benzene rings is 1. The van der Waals surface area contributed by atoms with Gasteiger partial charge in [-0.1, -0.05) is 19.1 Å². The number of hydrogen-bond donors (Lipinski definition) is 3. The second-order valence-corrected chi connectivity index (χ2v) is 19.5. The molecule has 3 aromatic heterocycles. The number of likely N-dealkylation sites (tertiary alicyclic amines) is 2. The van der Waals surface area contributed by atoms with Crippen molar-refractivity contribution in [1.82, 2.24) is 35.1 Å². The molecule has 61 heavy (non-hydrogen) atoms. The zero-order valence-electron chi connectivity index (χ0n) is 34.4. The Kier molecular flexibility index (Phi) is 12.9. The average Bonchev–Trinajstić information content (AvgIpc) is 3.70. The van der Waals surface area contributed by atoms with Gasteiger partial charge in [-0.15, -0.1) is 11.3 Å². The first-order chi connectivity index (χ1) is 29.4. The Labute approximate surface area is 359 Å². The van der Waals surface area contributed by atoms with E-state index >= 15 is 4.39 Å². The van der Waals surface area contributed by atoms with Crippen molar-refractivity contribution < 1.29 is 27.2 Å². The lowest BCUT2D eigenvalue weighted by molar-refractivity contribution is -0.138. The van der Waals surface area contributed by atoms with E-state index in [9.17, 15) is 22.8 Å². The molecular weight excluding hydrogens is 820 g/mol. The number of nitrogens with one attached hydrogen (secondary N) is 2. The van der Waals surface area contributed by atoms with Crippen molar-refractivity contribution in [2.24, 2.45) is 11.8 Å². The molecule has 4 saturated heterocycles. The van der Waals surface area contributed by atoms with Crippen molar-refractivity contribution in [2.45, 2.75) is 76.5 Å². The van der Waals surface area contributed by atoms with Crippen LogP contribution in [-0.2, 0) is 24.4 Å². The van der Waals surface area contributed by atoms with Crippen LogP contribution in [0.15, 0.2) is 48.8 Å². The van der Waals surface area contributed by atoms with E-state index in [1.165, 1.54) is 17.4 Å². The number of sulfonamides is 1. The van der Waals surface area contributed by atoms with Crippen molar-refractivity contribution in [3.8, 4) is 21.8 Å². The van der Waals surface area contributed by atoms with Gasteiger partial charge in [0.25, 0.3) is 0 Å². The van der Waals surface area contributed by atoms with E-state index < -0.39 is 15.8 Å². The number of pyridine rings is 1. The highest BCUT2D eigenvalue weighted by Crippen LogP contribution is 2.43. The molecule has 4 aromatic rings. The van der Waals surface area contributed by atoms with Crippen LogP contribution < -0.4 is 20.7 Å². The zero-order chi connectivity index (χ0) is 42.7. The van der Waals surface area contributed by atoms with E-state index in [2.05, 4.69) is 34.8 Å². The van der Waals surface area contributed by atoms with Crippen LogP contribution in [0.3, 0.4) is 0 Å². The van der Waals surface area contributed by atoms with E-state index in [0.29, 0.717) is 54.5 Å². The number of amides is 3. The minimum atomic E-state index is -3.73. The van der Waals surface area contributed by atoms with E-state index in [4.69, 9.17) is 10.7 Å². The summed E-state index contributed by atoms with van der Waals surface area (Å²) in [5, 5.41) is 3.24. The lowest BCUT2D eigenvalue weighted by atomic mass is 9.90. The second kappa shape index (κ2) is 18.5. The molecule has 1 aromatic carbocycles. The van der Waals surface area contributed by atoms with Crippen molar-refractivity contribution in [3.05, 3.63) is 65.2 Å². The van der Waals surface area contributed by atoms with Crippen LogP contribution in [0.1, 0.15) is 87.1 Å². The van der Waals surface area contributed by atoms with E-state index in [1.54, 1.807) is 37.5 Å². The van der Waals surface area contributed by atoms with Crippen LogP contribution >= 0.6 is 11.3 Å². The Bertz CT molecular complexity index is 2340. The number of rotatable bonds is 12. The maximum Gasteiger partial charge on any atom is 0.234 e. The first-order valence-electron chi connectivity index (χ1n) is 21.4.